The van der Waals surface area contributed by atoms with Crippen molar-refractivity contribution in [2.75, 3.05) is 0 Å². The average molecular weight is 310 g/mol. The lowest BCUT2D eigenvalue weighted by Gasteiger charge is -2.31. The van der Waals surface area contributed by atoms with Crippen molar-refractivity contribution in [1.82, 2.24) is 10.6 Å². The van der Waals surface area contributed by atoms with Gasteiger partial charge in [-0.2, -0.15) is 11.3 Å². The second-order valence-electron chi connectivity index (χ2n) is 6.72. The summed E-state index contributed by atoms with van der Waals surface area (Å²) in [5, 5.41) is 10.9. The van der Waals surface area contributed by atoms with E-state index in [0.717, 1.165) is 25.8 Å². The summed E-state index contributed by atoms with van der Waals surface area (Å²) < 4.78 is 5.33. The van der Waals surface area contributed by atoms with Crippen LogP contribution in [0.25, 0.3) is 0 Å². The first-order valence-corrected chi connectivity index (χ1v) is 8.60. The van der Waals surface area contributed by atoms with Crippen LogP contribution in [-0.4, -0.2) is 23.8 Å². The smallest absolute Gasteiger partial charge is 0.407 e. The summed E-state index contributed by atoms with van der Waals surface area (Å²) in [6, 6.07) is 2.84. The monoisotopic (exact) mass is 310 g/mol. The molecule has 1 aromatic heterocycles. The maximum atomic E-state index is 11.8. The molecule has 1 aliphatic carbocycles. The zero-order chi connectivity index (χ0) is 15.3. The largest absolute Gasteiger partial charge is 0.444 e. The molecule has 1 amide bonds. The minimum atomic E-state index is -0.435. The van der Waals surface area contributed by atoms with Gasteiger partial charge in [0.05, 0.1) is 0 Å². The zero-order valence-electron chi connectivity index (χ0n) is 13.1. The second kappa shape index (κ2) is 7.27. The topological polar surface area (TPSA) is 50.4 Å². The highest BCUT2D eigenvalue weighted by molar-refractivity contribution is 7.07. The van der Waals surface area contributed by atoms with Crippen LogP contribution in [0, 0.1) is 0 Å². The Bertz CT molecular complexity index is 440. The fraction of sp³-hybridized carbons (Fsp3) is 0.688. The van der Waals surface area contributed by atoms with Crippen LogP contribution in [0.5, 0.6) is 0 Å². The van der Waals surface area contributed by atoms with Crippen LogP contribution < -0.4 is 10.6 Å². The molecule has 1 aromatic rings. The standard InChI is InChI=1S/C16H26N2O2S/c1-16(2,3)20-15(19)18-14-6-4-5-13(9-14)17-10-12-7-8-21-11-12/h7-8,11,13-14,17H,4-6,9-10H2,1-3H3,(H,18,19). The maximum absolute atomic E-state index is 11.8. The maximum Gasteiger partial charge on any atom is 0.407 e. The molecule has 4 nitrogen and oxygen atoms in total. The molecule has 118 valence electrons. The number of carbonyl (C=O) groups excluding carboxylic acids is 1. The van der Waals surface area contributed by atoms with E-state index in [1.165, 1.54) is 12.0 Å². The first kappa shape index (κ1) is 16.3. The van der Waals surface area contributed by atoms with Crippen molar-refractivity contribution in [2.45, 2.75) is 70.7 Å². The van der Waals surface area contributed by atoms with Crippen molar-refractivity contribution in [3.8, 4) is 0 Å². The van der Waals surface area contributed by atoms with Gasteiger partial charge in [0.15, 0.2) is 0 Å². The van der Waals surface area contributed by atoms with Gasteiger partial charge < -0.3 is 15.4 Å². The van der Waals surface area contributed by atoms with Gasteiger partial charge >= 0.3 is 6.09 Å². The van der Waals surface area contributed by atoms with Crippen molar-refractivity contribution in [3.63, 3.8) is 0 Å². The Morgan fingerprint density at radius 3 is 2.81 bits per heavy atom. The fourth-order valence-corrected chi connectivity index (χ4v) is 3.30. The van der Waals surface area contributed by atoms with Crippen LogP contribution in [0.3, 0.4) is 0 Å². The van der Waals surface area contributed by atoms with E-state index in [1.807, 2.05) is 20.8 Å². The third kappa shape index (κ3) is 6.06. The Kier molecular flexibility index (Phi) is 5.65. The van der Waals surface area contributed by atoms with E-state index in [2.05, 4.69) is 27.5 Å². The number of hydrogen-bond donors (Lipinski definition) is 2. The van der Waals surface area contributed by atoms with Crippen LogP contribution in [0.15, 0.2) is 16.8 Å². The first-order chi connectivity index (χ1) is 9.92. The van der Waals surface area contributed by atoms with Gasteiger partial charge in [-0.05, 0) is 68.8 Å². The van der Waals surface area contributed by atoms with Crippen LogP contribution in [0.1, 0.15) is 52.0 Å². The molecule has 1 saturated carbocycles. The molecule has 0 spiro atoms. The molecule has 1 fully saturated rings. The average Bonchev–Trinajstić information content (AvgIpc) is 2.87. The molecule has 0 bridgehead atoms. The van der Waals surface area contributed by atoms with Gasteiger partial charge in [-0.25, -0.2) is 4.79 Å². The Hall–Kier alpha value is -1.07. The predicted octanol–water partition coefficient (Wildman–Crippen LogP) is 3.67. The van der Waals surface area contributed by atoms with Gasteiger partial charge in [-0.3, -0.25) is 0 Å². The Morgan fingerprint density at radius 2 is 2.14 bits per heavy atom. The molecule has 1 aliphatic rings. The highest BCUT2D eigenvalue weighted by Crippen LogP contribution is 2.20. The van der Waals surface area contributed by atoms with Crippen LogP contribution in [-0.2, 0) is 11.3 Å². The molecular weight excluding hydrogens is 284 g/mol. The molecule has 2 unspecified atom stereocenters. The quantitative estimate of drug-likeness (QED) is 0.892. The van der Waals surface area contributed by atoms with Gasteiger partial charge in [0, 0.05) is 18.6 Å². The third-order valence-electron chi connectivity index (χ3n) is 3.57. The fourth-order valence-electron chi connectivity index (χ4n) is 2.64. The summed E-state index contributed by atoms with van der Waals surface area (Å²) in [6.07, 6.45) is 4.03. The van der Waals surface area contributed by atoms with Crippen LogP contribution in [0.4, 0.5) is 4.79 Å². The zero-order valence-corrected chi connectivity index (χ0v) is 14.0. The SMILES string of the molecule is CC(C)(C)OC(=O)NC1CCCC(NCc2ccsc2)C1. The summed E-state index contributed by atoms with van der Waals surface area (Å²) in [6.45, 7) is 6.57. The molecule has 0 aliphatic heterocycles. The number of ether oxygens (including phenoxy) is 1. The number of thiophene rings is 1. The van der Waals surface area contributed by atoms with Gasteiger partial charge in [0.1, 0.15) is 5.60 Å². The van der Waals surface area contributed by atoms with Gasteiger partial charge in [-0.1, -0.05) is 0 Å². The highest BCUT2D eigenvalue weighted by Gasteiger charge is 2.25. The van der Waals surface area contributed by atoms with Gasteiger partial charge in [0.25, 0.3) is 0 Å². The molecule has 5 heteroatoms. The van der Waals surface area contributed by atoms with E-state index in [9.17, 15) is 4.79 Å². The molecule has 1 heterocycles. The normalized spacial score (nSPS) is 22.8. The van der Waals surface area contributed by atoms with Crippen molar-refractivity contribution < 1.29 is 9.53 Å². The minimum Gasteiger partial charge on any atom is -0.444 e. The van der Waals surface area contributed by atoms with E-state index >= 15 is 0 Å². The lowest BCUT2D eigenvalue weighted by molar-refractivity contribution is 0.0488. The van der Waals surface area contributed by atoms with E-state index in [4.69, 9.17) is 4.74 Å². The highest BCUT2D eigenvalue weighted by atomic mass is 32.1. The van der Waals surface area contributed by atoms with Gasteiger partial charge in [0.2, 0.25) is 0 Å². The lowest BCUT2D eigenvalue weighted by Crippen LogP contribution is -2.45. The minimum absolute atomic E-state index is 0.216. The number of carbonyl (C=O) groups is 1. The van der Waals surface area contributed by atoms with E-state index in [0.29, 0.717) is 6.04 Å². The van der Waals surface area contributed by atoms with Gasteiger partial charge in [-0.15, -0.1) is 0 Å². The molecule has 0 saturated heterocycles. The molecule has 2 N–H and O–H groups in total. The van der Waals surface area contributed by atoms with E-state index < -0.39 is 5.60 Å². The van der Waals surface area contributed by atoms with Crippen molar-refractivity contribution in [3.05, 3.63) is 22.4 Å². The molecule has 2 rings (SSSR count). The van der Waals surface area contributed by atoms with E-state index in [1.54, 1.807) is 11.3 Å². The predicted molar refractivity (Wildman–Crippen MR) is 86.6 cm³/mol. The lowest BCUT2D eigenvalue weighted by atomic mass is 9.91. The number of amides is 1. The Labute approximate surface area is 131 Å². The number of nitrogens with one attached hydrogen (secondary N) is 2. The summed E-state index contributed by atoms with van der Waals surface area (Å²) in [5.74, 6) is 0. The second-order valence-corrected chi connectivity index (χ2v) is 7.50. The van der Waals surface area contributed by atoms with Crippen molar-refractivity contribution in [1.29, 1.82) is 0 Å². The molecular formula is C16H26N2O2S. The molecule has 2 atom stereocenters. The van der Waals surface area contributed by atoms with Crippen LogP contribution in [0.2, 0.25) is 0 Å². The molecule has 0 radical (unpaired) electrons. The Morgan fingerprint density at radius 1 is 1.38 bits per heavy atom. The molecule has 21 heavy (non-hydrogen) atoms. The summed E-state index contributed by atoms with van der Waals surface area (Å²) >= 11 is 1.73. The number of rotatable bonds is 4. The Balaban J connectivity index is 1.74. The first-order valence-electron chi connectivity index (χ1n) is 7.66. The summed E-state index contributed by atoms with van der Waals surface area (Å²) in [4.78, 5) is 11.8. The summed E-state index contributed by atoms with van der Waals surface area (Å²) in [7, 11) is 0. The third-order valence-corrected chi connectivity index (χ3v) is 4.30. The number of alkyl carbamates (subject to hydrolysis) is 1. The molecule has 0 aromatic carbocycles. The van der Waals surface area contributed by atoms with Crippen molar-refractivity contribution >= 4 is 17.4 Å². The number of hydrogen-bond acceptors (Lipinski definition) is 4. The van der Waals surface area contributed by atoms with Crippen molar-refractivity contribution in [2.24, 2.45) is 0 Å². The van der Waals surface area contributed by atoms with Crippen LogP contribution >= 0.6 is 11.3 Å². The summed E-state index contributed by atoms with van der Waals surface area (Å²) in [5.41, 5.74) is 0.900. The van der Waals surface area contributed by atoms with E-state index in [-0.39, 0.29) is 12.1 Å².